The van der Waals surface area contributed by atoms with Crippen molar-refractivity contribution < 1.29 is 28.5 Å². The predicted octanol–water partition coefficient (Wildman–Crippen LogP) is 13.9. The van der Waals surface area contributed by atoms with E-state index in [2.05, 4.69) is 97.1 Å². The summed E-state index contributed by atoms with van der Waals surface area (Å²) in [6.07, 6.45) is 0. The first-order valence-electron chi connectivity index (χ1n) is 21.6. The van der Waals surface area contributed by atoms with Crippen LogP contribution in [0.4, 0.5) is 0 Å². The summed E-state index contributed by atoms with van der Waals surface area (Å²) in [5, 5.41) is 16.9. The second-order valence-electron chi connectivity index (χ2n) is 16.2. The van der Waals surface area contributed by atoms with Crippen LogP contribution in [0.15, 0.2) is 182 Å². The predicted molar refractivity (Wildman–Crippen MR) is 259 cm³/mol. The van der Waals surface area contributed by atoms with Crippen LogP contribution in [0.1, 0.15) is 20.7 Å². The van der Waals surface area contributed by atoms with E-state index in [1.54, 1.807) is 0 Å². The first-order valence-corrected chi connectivity index (χ1v) is 21.6. The Morgan fingerprint density at radius 2 is 0.641 bits per heavy atom. The molecule has 0 aliphatic heterocycles. The Labute approximate surface area is 367 Å². The quantitative estimate of drug-likeness (QED) is 0.0734. The van der Waals surface area contributed by atoms with Crippen molar-refractivity contribution in [1.82, 2.24) is 0 Å². The highest BCUT2D eigenvalue weighted by molar-refractivity contribution is 6.27. The van der Waals surface area contributed by atoms with Crippen molar-refractivity contribution in [2.45, 2.75) is 0 Å². The lowest BCUT2D eigenvalue weighted by Crippen LogP contribution is -2.14. The Morgan fingerprint density at radius 1 is 0.297 bits per heavy atom. The van der Waals surface area contributed by atoms with E-state index in [0.717, 1.165) is 97.3 Å². The Kier molecular flexibility index (Phi) is 8.97. The molecule has 0 radical (unpaired) electrons. The van der Waals surface area contributed by atoms with E-state index in [0.29, 0.717) is 22.6 Å². The van der Waals surface area contributed by atoms with Gasteiger partial charge in [0, 0.05) is 11.1 Å². The van der Waals surface area contributed by atoms with Gasteiger partial charge in [0.15, 0.2) is 0 Å². The van der Waals surface area contributed by atoms with Crippen molar-refractivity contribution in [2.24, 2.45) is 0 Å². The number of hydrogen-bond acceptors (Lipinski definition) is 6. The van der Waals surface area contributed by atoms with E-state index in [1.165, 1.54) is 0 Å². The number of carbonyl (C=O) groups excluding carboxylic acids is 2. The molecule has 12 aromatic rings. The summed E-state index contributed by atoms with van der Waals surface area (Å²) < 4.78 is 24.9. The topological polar surface area (TPSA) is 71.1 Å². The van der Waals surface area contributed by atoms with Crippen LogP contribution in [0.3, 0.4) is 0 Å². The smallest absolute Gasteiger partial charge is 0.338 e. The summed E-state index contributed by atoms with van der Waals surface area (Å²) >= 11 is 0. The average Bonchev–Trinajstić information content (AvgIpc) is 3.34. The summed E-state index contributed by atoms with van der Waals surface area (Å²) in [7, 11) is 0. The third-order valence-electron chi connectivity index (χ3n) is 12.7. The number of esters is 2. The Morgan fingerprint density at radius 3 is 1.08 bits per heavy atom. The standard InChI is InChI=1S/C58H38O6/c59-57(47-27-21-41-17-15-37-9-5-11-39-19-25-45(47)53(41)51(37)39)63-33-31-61-49-29-23-35-7-1-3-13-43(35)55(49)56-44-14-4-2-8-36(44)24-30-50(56)62-32-34-64-58(60)48-28-22-42-18-16-38-10-6-12-40-20-26-46(48)54(42)52(38)40/h1-30H,31-34H2. The zero-order chi connectivity index (χ0) is 42.7. The van der Waals surface area contributed by atoms with E-state index in [1.807, 2.05) is 84.9 Å². The molecule has 0 heterocycles. The van der Waals surface area contributed by atoms with Crippen LogP contribution in [-0.2, 0) is 9.47 Å². The van der Waals surface area contributed by atoms with Gasteiger partial charge in [-0.05, 0) is 110 Å². The lowest BCUT2D eigenvalue weighted by molar-refractivity contribution is 0.0444. The zero-order valence-corrected chi connectivity index (χ0v) is 34.6. The maximum atomic E-state index is 13.7. The molecule has 0 aromatic heterocycles. The van der Waals surface area contributed by atoms with Crippen molar-refractivity contribution in [3.63, 3.8) is 0 Å². The summed E-state index contributed by atoms with van der Waals surface area (Å²) in [6, 6.07) is 61.2. The molecule has 0 N–H and O–H groups in total. The van der Waals surface area contributed by atoms with Crippen LogP contribution in [-0.4, -0.2) is 38.4 Å². The molecule has 0 saturated carbocycles. The highest BCUT2D eigenvalue weighted by atomic mass is 16.6. The highest BCUT2D eigenvalue weighted by Gasteiger charge is 2.22. The van der Waals surface area contributed by atoms with Crippen molar-refractivity contribution in [3.8, 4) is 22.6 Å². The van der Waals surface area contributed by atoms with Crippen LogP contribution in [0.5, 0.6) is 11.5 Å². The summed E-state index contributed by atoms with van der Waals surface area (Å²) in [4.78, 5) is 27.4. The molecule has 0 spiro atoms. The fourth-order valence-corrected chi connectivity index (χ4v) is 9.81. The summed E-state index contributed by atoms with van der Waals surface area (Å²) in [6.45, 7) is 0.346. The van der Waals surface area contributed by atoms with Crippen LogP contribution in [0.2, 0.25) is 0 Å². The highest BCUT2D eigenvalue weighted by Crippen LogP contribution is 2.46. The lowest BCUT2D eigenvalue weighted by atomic mass is 9.92. The Hall–Kier alpha value is -8.22. The van der Waals surface area contributed by atoms with Gasteiger partial charge in [-0.25, -0.2) is 9.59 Å². The third kappa shape index (κ3) is 6.17. The monoisotopic (exact) mass is 830 g/mol. The van der Waals surface area contributed by atoms with Gasteiger partial charge in [-0.1, -0.05) is 158 Å². The minimum absolute atomic E-state index is 0.0451. The number of ether oxygens (including phenoxy) is 4. The van der Waals surface area contributed by atoms with Gasteiger partial charge in [0.1, 0.15) is 37.9 Å². The molecule has 0 amide bonds. The van der Waals surface area contributed by atoms with Crippen LogP contribution < -0.4 is 9.47 Å². The molecule has 12 aromatic carbocycles. The molecule has 6 nitrogen and oxygen atoms in total. The number of benzene rings is 12. The fraction of sp³-hybridized carbons (Fsp3) is 0.0690. The van der Waals surface area contributed by atoms with Gasteiger partial charge < -0.3 is 18.9 Å². The number of fused-ring (bicyclic) bond motifs is 2. The van der Waals surface area contributed by atoms with Gasteiger partial charge in [0.05, 0.1) is 11.1 Å². The van der Waals surface area contributed by atoms with Gasteiger partial charge in [-0.15, -0.1) is 0 Å². The minimum atomic E-state index is -0.398. The average molecular weight is 831 g/mol. The third-order valence-corrected chi connectivity index (χ3v) is 12.7. The lowest BCUT2D eigenvalue weighted by Gasteiger charge is -2.20. The maximum Gasteiger partial charge on any atom is 0.338 e. The van der Waals surface area contributed by atoms with E-state index < -0.39 is 11.9 Å². The van der Waals surface area contributed by atoms with Crippen LogP contribution in [0, 0.1) is 0 Å². The molecule has 0 aliphatic rings. The normalized spacial score (nSPS) is 11.8. The van der Waals surface area contributed by atoms with E-state index in [4.69, 9.17) is 18.9 Å². The molecule has 12 rings (SSSR count). The molecule has 0 atom stereocenters. The van der Waals surface area contributed by atoms with Gasteiger partial charge >= 0.3 is 11.9 Å². The van der Waals surface area contributed by atoms with Crippen molar-refractivity contribution in [1.29, 1.82) is 0 Å². The van der Waals surface area contributed by atoms with E-state index in [-0.39, 0.29) is 26.4 Å². The Bertz CT molecular complexity index is 3510. The maximum absolute atomic E-state index is 13.7. The zero-order valence-electron chi connectivity index (χ0n) is 34.6. The molecule has 0 unspecified atom stereocenters. The molecular weight excluding hydrogens is 793 g/mol. The molecule has 6 heteroatoms. The molecule has 64 heavy (non-hydrogen) atoms. The molecular formula is C58H38O6. The van der Waals surface area contributed by atoms with Gasteiger partial charge in [-0.3, -0.25) is 0 Å². The van der Waals surface area contributed by atoms with Gasteiger partial charge in [0.2, 0.25) is 0 Å². The van der Waals surface area contributed by atoms with E-state index in [9.17, 15) is 9.59 Å². The van der Waals surface area contributed by atoms with Crippen LogP contribution in [0.25, 0.3) is 97.3 Å². The SMILES string of the molecule is O=C(OCCOc1ccc2ccccc2c1-c1c(OCCOC(=O)c2ccc3ccc4cccc5ccc2c3c45)ccc2ccccc12)c1ccc2ccc3cccc4ccc1c2c34. The summed E-state index contributed by atoms with van der Waals surface area (Å²) in [5.74, 6) is 0.452. The number of hydrogen-bond donors (Lipinski definition) is 0. The molecule has 0 bridgehead atoms. The fourth-order valence-electron chi connectivity index (χ4n) is 9.81. The minimum Gasteiger partial charge on any atom is -0.489 e. The first-order chi connectivity index (χ1) is 31.6. The van der Waals surface area contributed by atoms with Crippen LogP contribution >= 0.6 is 0 Å². The molecule has 0 fully saturated rings. The Balaban J connectivity index is 0.809. The summed E-state index contributed by atoms with van der Waals surface area (Å²) in [5.41, 5.74) is 2.76. The first kappa shape index (κ1) is 37.5. The number of rotatable bonds is 11. The second-order valence-corrected chi connectivity index (χ2v) is 16.2. The van der Waals surface area contributed by atoms with Crippen molar-refractivity contribution >= 4 is 98.1 Å². The van der Waals surface area contributed by atoms with E-state index >= 15 is 0 Å². The van der Waals surface area contributed by atoms with Crippen molar-refractivity contribution in [3.05, 3.63) is 193 Å². The molecule has 0 saturated heterocycles. The van der Waals surface area contributed by atoms with Gasteiger partial charge in [0.25, 0.3) is 0 Å². The number of carbonyl (C=O) groups is 2. The molecule has 0 aliphatic carbocycles. The largest absolute Gasteiger partial charge is 0.489 e. The van der Waals surface area contributed by atoms with Crippen molar-refractivity contribution in [2.75, 3.05) is 26.4 Å². The second kappa shape index (κ2) is 15.3. The van der Waals surface area contributed by atoms with Gasteiger partial charge in [-0.2, -0.15) is 0 Å². The molecule has 306 valence electrons.